The summed E-state index contributed by atoms with van der Waals surface area (Å²) >= 11 is 0. The smallest absolute Gasteiger partial charge is 0.234 e. The first-order valence-electron chi connectivity index (χ1n) is 5.59. The number of benzene rings is 1. The number of piperidine rings is 1. The van der Waals surface area contributed by atoms with E-state index in [-0.39, 0.29) is 18.1 Å². The van der Waals surface area contributed by atoms with Crippen LogP contribution in [0.4, 0.5) is 4.39 Å². The molecule has 1 aliphatic heterocycles. The molecule has 0 aromatic heterocycles. The molecular formula is C13H14FNO2. The van der Waals surface area contributed by atoms with Crippen LogP contribution in [0.1, 0.15) is 35.4 Å². The number of imide groups is 1. The second-order valence-corrected chi connectivity index (χ2v) is 4.48. The standard InChI is InChI=1S/C13H14FNO2/c1-7-5-8(2)12(10(14)6-7)9-3-4-11(16)15-13(9)17/h5-6,9H,3-4H2,1-2H3,(H,15,16,17). The van der Waals surface area contributed by atoms with E-state index in [0.29, 0.717) is 12.0 Å². The van der Waals surface area contributed by atoms with E-state index in [0.717, 1.165) is 11.1 Å². The first-order valence-corrected chi connectivity index (χ1v) is 5.59. The van der Waals surface area contributed by atoms with Gasteiger partial charge in [0.05, 0.1) is 5.92 Å². The number of halogens is 1. The fraction of sp³-hybridized carbons (Fsp3) is 0.385. The van der Waals surface area contributed by atoms with Crippen molar-refractivity contribution < 1.29 is 14.0 Å². The van der Waals surface area contributed by atoms with Crippen LogP contribution in [0, 0.1) is 19.7 Å². The molecule has 0 bridgehead atoms. The van der Waals surface area contributed by atoms with Gasteiger partial charge in [0.2, 0.25) is 11.8 Å². The maximum Gasteiger partial charge on any atom is 0.234 e. The van der Waals surface area contributed by atoms with Crippen molar-refractivity contribution in [3.63, 3.8) is 0 Å². The minimum Gasteiger partial charge on any atom is -0.296 e. The molecule has 2 rings (SSSR count). The Bertz CT molecular complexity index is 473. The van der Waals surface area contributed by atoms with Gasteiger partial charge >= 0.3 is 0 Å². The molecule has 1 unspecified atom stereocenters. The molecule has 0 radical (unpaired) electrons. The van der Waals surface area contributed by atoms with Crippen LogP contribution in [0.5, 0.6) is 0 Å². The summed E-state index contributed by atoms with van der Waals surface area (Å²) in [6, 6.07) is 3.27. The zero-order valence-electron chi connectivity index (χ0n) is 9.84. The van der Waals surface area contributed by atoms with Gasteiger partial charge in [0.25, 0.3) is 0 Å². The van der Waals surface area contributed by atoms with Gasteiger partial charge in [-0.25, -0.2) is 4.39 Å². The maximum atomic E-state index is 13.9. The number of carbonyl (C=O) groups is 2. The van der Waals surface area contributed by atoms with E-state index in [1.165, 1.54) is 6.07 Å². The summed E-state index contributed by atoms with van der Waals surface area (Å²) in [6.07, 6.45) is 0.647. The summed E-state index contributed by atoms with van der Waals surface area (Å²) in [5.41, 5.74) is 2.01. The molecule has 1 fully saturated rings. The van der Waals surface area contributed by atoms with Crippen LogP contribution in [0.3, 0.4) is 0 Å². The lowest BCUT2D eigenvalue weighted by molar-refractivity contribution is -0.134. The van der Waals surface area contributed by atoms with Crippen LogP contribution < -0.4 is 5.32 Å². The quantitative estimate of drug-likeness (QED) is 0.756. The highest BCUT2D eigenvalue weighted by molar-refractivity contribution is 6.01. The number of hydrogen-bond acceptors (Lipinski definition) is 2. The summed E-state index contributed by atoms with van der Waals surface area (Å²) < 4.78 is 13.9. The zero-order valence-corrected chi connectivity index (χ0v) is 9.84. The molecule has 3 nitrogen and oxygen atoms in total. The van der Waals surface area contributed by atoms with Crippen molar-refractivity contribution in [3.8, 4) is 0 Å². The molecule has 1 heterocycles. The lowest BCUT2D eigenvalue weighted by Gasteiger charge is -2.23. The molecule has 1 aromatic carbocycles. The summed E-state index contributed by atoms with van der Waals surface area (Å²) in [4.78, 5) is 22.7. The molecule has 90 valence electrons. The van der Waals surface area contributed by atoms with E-state index in [9.17, 15) is 14.0 Å². The summed E-state index contributed by atoms with van der Waals surface area (Å²) in [5, 5.41) is 2.25. The molecule has 2 amide bonds. The highest BCUT2D eigenvalue weighted by Crippen LogP contribution is 2.30. The van der Waals surface area contributed by atoms with Gasteiger partial charge in [0.15, 0.2) is 0 Å². The molecule has 1 atom stereocenters. The van der Waals surface area contributed by atoms with Gasteiger partial charge in [-0.2, -0.15) is 0 Å². The number of carbonyl (C=O) groups excluding carboxylic acids is 2. The van der Waals surface area contributed by atoms with Gasteiger partial charge in [-0.1, -0.05) is 6.07 Å². The Hall–Kier alpha value is -1.71. The normalized spacial score (nSPS) is 20.3. The minimum atomic E-state index is -0.548. The minimum absolute atomic E-state index is 0.267. The topological polar surface area (TPSA) is 46.2 Å². The van der Waals surface area contributed by atoms with Crippen molar-refractivity contribution in [1.29, 1.82) is 0 Å². The van der Waals surface area contributed by atoms with Crippen LogP contribution in [-0.2, 0) is 9.59 Å². The Labute approximate surface area is 99.0 Å². The Morgan fingerprint density at radius 3 is 2.59 bits per heavy atom. The molecular weight excluding hydrogens is 221 g/mol. The lowest BCUT2D eigenvalue weighted by atomic mass is 9.87. The van der Waals surface area contributed by atoms with Crippen molar-refractivity contribution in [3.05, 3.63) is 34.6 Å². The van der Waals surface area contributed by atoms with Crippen molar-refractivity contribution >= 4 is 11.8 Å². The zero-order chi connectivity index (χ0) is 12.6. The van der Waals surface area contributed by atoms with E-state index < -0.39 is 11.8 Å². The molecule has 1 aliphatic rings. The predicted molar refractivity (Wildman–Crippen MR) is 61.0 cm³/mol. The van der Waals surface area contributed by atoms with Crippen LogP contribution in [0.25, 0.3) is 0 Å². The molecule has 1 saturated heterocycles. The number of aryl methyl sites for hydroxylation is 2. The van der Waals surface area contributed by atoms with E-state index in [1.807, 2.05) is 13.0 Å². The Morgan fingerprint density at radius 1 is 1.29 bits per heavy atom. The van der Waals surface area contributed by atoms with E-state index >= 15 is 0 Å². The molecule has 4 heteroatoms. The Morgan fingerprint density at radius 2 is 2.00 bits per heavy atom. The summed E-state index contributed by atoms with van der Waals surface area (Å²) in [5.74, 6) is -1.59. The molecule has 1 aromatic rings. The molecule has 0 spiro atoms. The largest absolute Gasteiger partial charge is 0.296 e. The molecule has 0 aliphatic carbocycles. The number of hydrogen-bond donors (Lipinski definition) is 1. The van der Waals surface area contributed by atoms with Gasteiger partial charge in [-0.15, -0.1) is 0 Å². The number of nitrogens with one attached hydrogen (secondary N) is 1. The van der Waals surface area contributed by atoms with Crippen LogP contribution in [0.2, 0.25) is 0 Å². The average molecular weight is 235 g/mol. The fourth-order valence-corrected chi connectivity index (χ4v) is 2.34. The van der Waals surface area contributed by atoms with Crippen LogP contribution >= 0.6 is 0 Å². The van der Waals surface area contributed by atoms with E-state index in [1.54, 1.807) is 6.92 Å². The van der Waals surface area contributed by atoms with Gasteiger partial charge in [0.1, 0.15) is 5.82 Å². The molecule has 17 heavy (non-hydrogen) atoms. The summed E-state index contributed by atoms with van der Waals surface area (Å²) in [6.45, 7) is 3.60. The molecule has 0 saturated carbocycles. The molecule has 1 N–H and O–H groups in total. The van der Waals surface area contributed by atoms with E-state index in [2.05, 4.69) is 5.32 Å². The maximum absolute atomic E-state index is 13.9. The highest BCUT2D eigenvalue weighted by Gasteiger charge is 2.31. The predicted octanol–water partition coefficient (Wildman–Crippen LogP) is 1.96. The van der Waals surface area contributed by atoms with Crippen molar-refractivity contribution in [1.82, 2.24) is 5.32 Å². The lowest BCUT2D eigenvalue weighted by Crippen LogP contribution is -2.40. The second kappa shape index (κ2) is 4.28. The third-order valence-corrected chi connectivity index (χ3v) is 3.07. The Kier molecular flexibility index (Phi) is 2.96. The number of rotatable bonds is 1. The van der Waals surface area contributed by atoms with E-state index in [4.69, 9.17) is 0 Å². The van der Waals surface area contributed by atoms with Crippen molar-refractivity contribution in [2.24, 2.45) is 0 Å². The monoisotopic (exact) mass is 235 g/mol. The van der Waals surface area contributed by atoms with Gasteiger partial charge < -0.3 is 0 Å². The number of amides is 2. The first-order chi connectivity index (χ1) is 7.99. The first kappa shape index (κ1) is 11.8. The van der Waals surface area contributed by atoms with Crippen molar-refractivity contribution in [2.45, 2.75) is 32.6 Å². The fourth-order valence-electron chi connectivity index (χ4n) is 2.34. The second-order valence-electron chi connectivity index (χ2n) is 4.48. The average Bonchev–Trinajstić information content (AvgIpc) is 2.19. The third-order valence-electron chi connectivity index (χ3n) is 3.07. The van der Waals surface area contributed by atoms with Crippen LogP contribution in [-0.4, -0.2) is 11.8 Å². The SMILES string of the molecule is Cc1cc(C)c(C2CCC(=O)NC2=O)c(F)c1. The van der Waals surface area contributed by atoms with Crippen LogP contribution in [0.15, 0.2) is 12.1 Å². The summed E-state index contributed by atoms with van der Waals surface area (Å²) in [7, 11) is 0. The van der Waals surface area contributed by atoms with Gasteiger partial charge in [-0.3, -0.25) is 14.9 Å². The van der Waals surface area contributed by atoms with Gasteiger partial charge in [-0.05, 0) is 37.5 Å². The Balaban J connectivity index is 2.40. The van der Waals surface area contributed by atoms with Crippen molar-refractivity contribution in [2.75, 3.05) is 0 Å². The van der Waals surface area contributed by atoms with Gasteiger partial charge in [0, 0.05) is 12.0 Å². The highest BCUT2D eigenvalue weighted by atomic mass is 19.1. The third kappa shape index (κ3) is 2.20.